The van der Waals surface area contributed by atoms with Crippen LogP contribution in [-0.4, -0.2) is 31.1 Å². The Morgan fingerprint density at radius 1 is 1.08 bits per heavy atom. The molecule has 3 nitrogen and oxygen atoms in total. The van der Waals surface area contributed by atoms with E-state index in [2.05, 4.69) is 36.5 Å². The highest BCUT2D eigenvalue weighted by Gasteiger charge is 2.02. The molecular formula is C19H23NO2S2. The number of rotatable bonds is 9. The Morgan fingerprint density at radius 3 is 2.46 bits per heavy atom. The summed E-state index contributed by atoms with van der Waals surface area (Å²) in [6.45, 7) is 2.78. The van der Waals surface area contributed by atoms with Crippen LogP contribution in [0, 0.1) is 6.92 Å². The van der Waals surface area contributed by atoms with Gasteiger partial charge in [-0.3, -0.25) is 4.79 Å². The van der Waals surface area contributed by atoms with Crippen LogP contribution in [0.25, 0.3) is 0 Å². The Labute approximate surface area is 152 Å². The van der Waals surface area contributed by atoms with Crippen LogP contribution in [0.3, 0.4) is 0 Å². The van der Waals surface area contributed by atoms with Crippen molar-refractivity contribution in [3.63, 3.8) is 0 Å². The fourth-order valence-electron chi connectivity index (χ4n) is 2.03. The first-order valence-corrected chi connectivity index (χ1v) is 9.98. The normalized spacial score (nSPS) is 10.4. The Morgan fingerprint density at radius 2 is 1.79 bits per heavy atom. The summed E-state index contributed by atoms with van der Waals surface area (Å²) in [7, 11) is 1.66. The van der Waals surface area contributed by atoms with Crippen molar-refractivity contribution in [2.45, 2.75) is 17.6 Å². The second-order valence-electron chi connectivity index (χ2n) is 5.35. The van der Waals surface area contributed by atoms with Gasteiger partial charge in [0.25, 0.3) is 0 Å². The van der Waals surface area contributed by atoms with Crippen LogP contribution in [0.4, 0.5) is 0 Å². The number of carbonyl (C=O) groups excluding carboxylic acids is 1. The summed E-state index contributed by atoms with van der Waals surface area (Å²) in [5, 5.41) is 2.97. The Hall–Kier alpha value is -1.59. The van der Waals surface area contributed by atoms with Crippen molar-refractivity contribution < 1.29 is 9.53 Å². The Bertz CT molecular complexity index is 627. The van der Waals surface area contributed by atoms with Crippen molar-refractivity contribution in [3.8, 4) is 5.75 Å². The van der Waals surface area contributed by atoms with Crippen molar-refractivity contribution >= 4 is 29.4 Å². The number of hydrogen-bond donors (Lipinski definition) is 1. The second kappa shape index (κ2) is 10.3. The number of thioether (sulfide) groups is 2. The van der Waals surface area contributed by atoms with Crippen LogP contribution in [0.2, 0.25) is 0 Å². The lowest BCUT2D eigenvalue weighted by atomic mass is 10.2. The van der Waals surface area contributed by atoms with E-state index in [1.807, 2.05) is 24.3 Å². The zero-order chi connectivity index (χ0) is 17.2. The smallest absolute Gasteiger partial charge is 0.230 e. The maximum absolute atomic E-state index is 11.8. The minimum absolute atomic E-state index is 0.0954. The molecule has 0 radical (unpaired) electrons. The number of methoxy groups -OCH3 is 1. The molecule has 128 valence electrons. The SMILES string of the molecule is COc1ccc(CSCC(=O)NCCSc2ccc(C)cc2)cc1. The number of benzene rings is 2. The van der Waals surface area contributed by atoms with Crippen molar-refractivity contribution in [3.05, 3.63) is 59.7 Å². The van der Waals surface area contributed by atoms with Gasteiger partial charge in [-0.25, -0.2) is 0 Å². The molecule has 0 heterocycles. The molecule has 2 aromatic rings. The van der Waals surface area contributed by atoms with Crippen LogP contribution >= 0.6 is 23.5 Å². The Balaban J connectivity index is 1.56. The zero-order valence-corrected chi connectivity index (χ0v) is 15.7. The highest BCUT2D eigenvalue weighted by atomic mass is 32.2. The molecule has 0 aromatic heterocycles. The number of nitrogens with one attached hydrogen (secondary N) is 1. The predicted octanol–water partition coefficient (Wildman–Crippen LogP) is 4.15. The number of amides is 1. The highest BCUT2D eigenvalue weighted by Crippen LogP contribution is 2.18. The molecule has 5 heteroatoms. The minimum Gasteiger partial charge on any atom is -0.497 e. The summed E-state index contributed by atoms with van der Waals surface area (Å²) >= 11 is 3.39. The zero-order valence-electron chi connectivity index (χ0n) is 14.1. The Kier molecular flexibility index (Phi) is 8.05. The minimum atomic E-state index is 0.0954. The molecular weight excluding hydrogens is 338 g/mol. The fraction of sp³-hybridized carbons (Fsp3) is 0.316. The number of hydrogen-bond acceptors (Lipinski definition) is 4. The lowest BCUT2D eigenvalue weighted by Gasteiger charge is -2.06. The maximum Gasteiger partial charge on any atom is 0.230 e. The molecule has 0 saturated carbocycles. The second-order valence-corrected chi connectivity index (χ2v) is 7.51. The average molecular weight is 362 g/mol. The van der Waals surface area contributed by atoms with Crippen LogP contribution in [-0.2, 0) is 10.5 Å². The van der Waals surface area contributed by atoms with Gasteiger partial charge < -0.3 is 10.1 Å². The third-order valence-corrected chi connectivity index (χ3v) is 5.39. The van der Waals surface area contributed by atoms with Gasteiger partial charge >= 0.3 is 0 Å². The van der Waals surface area contributed by atoms with E-state index in [0.717, 1.165) is 17.3 Å². The average Bonchev–Trinajstić information content (AvgIpc) is 2.61. The van der Waals surface area contributed by atoms with Gasteiger partial charge in [0, 0.05) is 22.9 Å². The van der Waals surface area contributed by atoms with E-state index >= 15 is 0 Å². The van der Waals surface area contributed by atoms with E-state index in [1.165, 1.54) is 16.0 Å². The van der Waals surface area contributed by atoms with Gasteiger partial charge in [0.2, 0.25) is 5.91 Å². The van der Waals surface area contributed by atoms with Crippen molar-refractivity contribution in [2.24, 2.45) is 0 Å². The molecule has 2 aromatic carbocycles. The van der Waals surface area contributed by atoms with Gasteiger partial charge in [0.1, 0.15) is 5.75 Å². The molecule has 0 fully saturated rings. The number of ether oxygens (including phenoxy) is 1. The summed E-state index contributed by atoms with van der Waals surface area (Å²) in [4.78, 5) is 13.1. The quantitative estimate of drug-likeness (QED) is 0.538. The van der Waals surface area contributed by atoms with E-state index in [4.69, 9.17) is 4.74 Å². The van der Waals surface area contributed by atoms with E-state index in [1.54, 1.807) is 30.6 Å². The topological polar surface area (TPSA) is 38.3 Å². The molecule has 0 spiro atoms. The molecule has 1 N–H and O–H groups in total. The molecule has 24 heavy (non-hydrogen) atoms. The highest BCUT2D eigenvalue weighted by molar-refractivity contribution is 7.99. The van der Waals surface area contributed by atoms with Gasteiger partial charge in [0.05, 0.1) is 12.9 Å². The van der Waals surface area contributed by atoms with Gasteiger partial charge in [-0.05, 0) is 36.8 Å². The molecule has 0 atom stereocenters. The molecule has 0 unspecified atom stereocenters. The molecule has 0 aliphatic carbocycles. The van der Waals surface area contributed by atoms with E-state index < -0.39 is 0 Å². The fourth-order valence-corrected chi connectivity index (χ4v) is 3.61. The summed E-state index contributed by atoms with van der Waals surface area (Å²) in [6.07, 6.45) is 0. The lowest BCUT2D eigenvalue weighted by Crippen LogP contribution is -2.27. The van der Waals surface area contributed by atoms with Crippen LogP contribution < -0.4 is 10.1 Å². The summed E-state index contributed by atoms with van der Waals surface area (Å²) < 4.78 is 5.13. The third kappa shape index (κ3) is 6.89. The summed E-state index contributed by atoms with van der Waals surface area (Å²) in [5.74, 6) is 3.15. The number of carbonyl (C=O) groups is 1. The molecule has 0 aliphatic heterocycles. The molecule has 0 saturated heterocycles. The van der Waals surface area contributed by atoms with E-state index in [9.17, 15) is 4.79 Å². The first kappa shape index (κ1) is 18.7. The van der Waals surface area contributed by atoms with Gasteiger partial charge in [-0.1, -0.05) is 29.8 Å². The van der Waals surface area contributed by atoms with Gasteiger partial charge in [0.15, 0.2) is 0 Å². The van der Waals surface area contributed by atoms with Gasteiger partial charge in [-0.2, -0.15) is 0 Å². The first-order valence-electron chi connectivity index (χ1n) is 7.84. The van der Waals surface area contributed by atoms with Crippen molar-refractivity contribution in [1.82, 2.24) is 5.32 Å². The largest absolute Gasteiger partial charge is 0.497 e. The monoisotopic (exact) mass is 361 g/mol. The van der Waals surface area contributed by atoms with E-state index in [-0.39, 0.29) is 5.91 Å². The van der Waals surface area contributed by atoms with Crippen molar-refractivity contribution in [2.75, 3.05) is 25.2 Å². The summed E-state index contributed by atoms with van der Waals surface area (Å²) in [6, 6.07) is 16.4. The molecule has 2 rings (SSSR count). The summed E-state index contributed by atoms with van der Waals surface area (Å²) in [5.41, 5.74) is 2.46. The van der Waals surface area contributed by atoms with Crippen molar-refractivity contribution in [1.29, 1.82) is 0 Å². The first-order chi connectivity index (χ1) is 11.7. The van der Waals surface area contributed by atoms with Crippen LogP contribution in [0.15, 0.2) is 53.4 Å². The maximum atomic E-state index is 11.8. The molecule has 0 bridgehead atoms. The van der Waals surface area contributed by atoms with E-state index in [0.29, 0.717) is 12.3 Å². The van der Waals surface area contributed by atoms with Gasteiger partial charge in [-0.15, -0.1) is 23.5 Å². The van der Waals surface area contributed by atoms with Crippen LogP contribution in [0.5, 0.6) is 5.75 Å². The molecule has 0 aliphatic rings. The standard InChI is InChI=1S/C19H23NO2S2/c1-15-3-9-18(10-4-15)24-12-11-20-19(21)14-23-13-16-5-7-17(22-2)8-6-16/h3-10H,11-14H2,1-2H3,(H,20,21). The number of aryl methyl sites for hydroxylation is 1. The third-order valence-electron chi connectivity index (χ3n) is 3.37. The predicted molar refractivity (Wildman–Crippen MR) is 104 cm³/mol. The molecule has 1 amide bonds. The lowest BCUT2D eigenvalue weighted by molar-refractivity contribution is -0.118. The van der Waals surface area contributed by atoms with Crippen LogP contribution in [0.1, 0.15) is 11.1 Å².